The number of nitrogens with zero attached hydrogens (tertiary/aromatic N) is 4. The topological polar surface area (TPSA) is 115 Å². The number of pyridine rings is 1. The van der Waals surface area contributed by atoms with Crippen LogP contribution in [0, 0.1) is 17.2 Å². The van der Waals surface area contributed by atoms with Crippen molar-refractivity contribution in [2.75, 3.05) is 0 Å². The van der Waals surface area contributed by atoms with Crippen LogP contribution in [0.3, 0.4) is 0 Å². The summed E-state index contributed by atoms with van der Waals surface area (Å²) < 4.78 is 2.76. The molecule has 0 radical (unpaired) electrons. The van der Waals surface area contributed by atoms with Crippen molar-refractivity contribution in [3.05, 3.63) is 74.2 Å². The summed E-state index contributed by atoms with van der Waals surface area (Å²) in [6.45, 7) is 14.2. The molecule has 8 nitrogen and oxygen atoms in total. The summed E-state index contributed by atoms with van der Waals surface area (Å²) in [5.74, 6) is -0.121. The van der Waals surface area contributed by atoms with Crippen LogP contribution in [0.25, 0.3) is 10.9 Å². The molecule has 0 amide bonds. The SMILES string of the molecule is CC.CC.CCn1c(=O)c2cc(CC(=O)CC(C)CC(=O)Cc3ccc(C#N)nc3)ccc2n(CC)c1=O. The standard InChI is InChI=1S/C26H28N4O4.2C2H6/c1-4-29-24-9-7-18(14-23(24)25(33)30(5-2)26(29)34)12-21(31)10-17(3)11-22(32)13-19-6-8-20(15-27)28-16-19;2*1-2/h6-9,14,16-17H,4-5,10-13H2,1-3H3;2*1-2H3. The molecule has 0 spiro atoms. The van der Waals surface area contributed by atoms with Crippen LogP contribution >= 0.6 is 0 Å². The summed E-state index contributed by atoms with van der Waals surface area (Å²) in [6.07, 6.45) is 2.42. The lowest BCUT2D eigenvalue weighted by molar-refractivity contribution is -0.121. The summed E-state index contributed by atoms with van der Waals surface area (Å²) in [7, 11) is 0. The summed E-state index contributed by atoms with van der Waals surface area (Å²) >= 11 is 0. The van der Waals surface area contributed by atoms with E-state index >= 15 is 0 Å². The van der Waals surface area contributed by atoms with Crippen LogP contribution in [0.5, 0.6) is 0 Å². The maximum atomic E-state index is 12.8. The molecule has 204 valence electrons. The van der Waals surface area contributed by atoms with E-state index in [4.69, 9.17) is 5.26 Å². The van der Waals surface area contributed by atoms with Crippen molar-refractivity contribution >= 4 is 22.5 Å². The number of fused-ring (bicyclic) bond motifs is 1. The molecule has 3 rings (SSSR count). The number of nitriles is 1. The van der Waals surface area contributed by atoms with Crippen LogP contribution in [-0.4, -0.2) is 25.7 Å². The van der Waals surface area contributed by atoms with Crippen molar-refractivity contribution in [2.24, 2.45) is 5.92 Å². The number of carbonyl (C=O) groups is 2. The van der Waals surface area contributed by atoms with E-state index in [0.717, 1.165) is 5.56 Å². The van der Waals surface area contributed by atoms with E-state index in [-0.39, 0.29) is 61.0 Å². The van der Waals surface area contributed by atoms with Gasteiger partial charge in [-0.05, 0) is 49.1 Å². The van der Waals surface area contributed by atoms with E-state index in [2.05, 4.69) is 4.98 Å². The fourth-order valence-electron chi connectivity index (χ4n) is 4.21. The molecule has 1 aromatic carbocycles. The van der Waals surface area contributed by atoms with Gasteiger partial charge in [0.15, 0.2) is 0 Å². The van der Waals surface area contributed by atoms with Gasteiger partial charge < -0.3 is 0 Å². The van der Waals surface area contributed by atoms with Crippen molar-refractivity contribution in [1.29, 1.82) is 5.26 Å². The number of aromatic nitrogens is 3. The second-order valence-electron chi connectivity index (χ2n) is 8.54. The number of hydrogen-bond acceptors (Lipinski definition) is 6. The van der Waals surface area contributed by atoms with Crippen molar-refractivity contribution in [3.8, 4) is 6.07 Å². The molecule has 2 aromatic heterocycles. The highest BCUT2D eigenvalue weighted by Gasteiger charge is 2.16. The van der Waals surface area contributed by atoms with Gasteiger partial charge in [-0.2, -0.15) is 5.26 Å². The zero-order valence-electron chi connectivity index (χ0n) is 23.7. The van der Waals surface area contributed by atoms with Crippen molar-refractivity contribution in [1.82, 2.24) is 14.1 Å². The fourth-order valence-corrected chi connectivity index (χ4v) is 4.21. The summed E-state index contributed by atoms with van der Waals surface area (Å²) in [6, 6.07) is 10.4. The van der Waals surface area contributed by atoms with Crippen LogP contribution in [0.2, 0.25) is 0 Å². The monoisotopic (exact) mass is 520 g/mol. The van der Waals surface area contributed by atoms with E-state index in [1.165, 1.54) is 10.8 Å². The van der Waals surface area contributed by atoms with E-state index in [1.807, 2.05) is 47.6 Å². The molecule has 0 fully saturated rings. The minimum atomic E-state index is -0.349. The highest BCUT2D eigenvalue weighted by atomic mass is 16.2. The Kier molecular flexibility index (Phi) is 13.6. The third kappa shape index (κ3) is 8.34. The number of rotatable bonds is 10. The maximum absolute atomic E-state index is 12.8. The zero-order chi connectivity index (χ0) is 28.8. The Morgan fingerprint density at radius 1 is 0.895 bits per heavy atom. The van der Waals surface area contributed by atoms with Gasteiger partial charge >= 0.3 is 5.69 Å². The van der Waals surface area contributed by atoms with Crippen LogP contribution in [-0.2, 0) is 35.5 Å². The van der Waals surface area contributed by atoms with Crippen LogP contribution < -0.4 is 11.2 Å². The molecule has 0 N–H and O–H groups in total. The molecular weight excluding hydrogens is 480 g/mol. The Balaban J connectivity index is 0.00000172. The van der Waals surface area contributed by atoms with Gasteiger partial charge in [0.2, 0.25) is 0 Å². The molecule has 2 heterocycles. The number of carbonyl (C=O) groups excluding carboxylic acids is 2. The number of aryl methyl sites for hydroxylation is 1. The number of ketones is 2. The summed E-state index contributed by atoms with van der Waals surface area (Å²) in [5.41, 5.74) is 1.63. The molecule has 0 aliphatic rings. The molecule has 1 unspecified atom stereocenters. The molecule has 0 aliphatic carbocycles. The van der Waals surface area contributed by atoms with Crippen molar-refractivity contribution < 1.29 is 9.59 Å². The van der Waals surface area contributed by atoms with Crippen molar-refractivity contribution in [3.63, 3.8) is 0 Å². The molecule has 0 aliphatic heterocycles. The molecule has 0 saturated carbocycles. The second kappa shape index (κ2) is 16.1. The fraction of sp³-hybridized carbons (Fsp3) is 0.467. The minimum Gasteiger partial charge on any atom is -0.299 e. The van der Waals surface area contributed by atoms with Gasteiger partial charge in [0, 0.05) is 45.0 Å². The second-order valence-corrected chi connectivity index (χ2v) is 8.54. The Bertz CT molecular complexity index is 1380. The Morgan fingerprint density at radius 3 is 1.95 bits per heavy atom. The first-order valence-corrected chi connectivity index (χ1v) is 13.4. The van der Waals surface area contributed by atoms with E-state index in [0.29, 0.717) is 28.7 Å². The van der Waals surface area contributed by atoms with Crippen LogP contribution in [0.1, 0.15) is 78.1 Å². The first-order valence-electron chi connectivity index (χ1n) is 13.4. The van der Waals surface area contributed by atoms with Gasteiger partial charge in [-0.25, -0.2) is 9.78 Å². The number of benzene rings is 1. The van der Waals surface area contributed by atoms with Gasteiger partial charge in [0.1, 0.15) is 23.3 Å². The highest BCUT2D eigenvalue weighted by molar-refractivity contribution is 5.85. The molecule has 3 aromatic rings. The average molecular weight is 521 g/mol. The van der Waals surface area contributed by atoms with E-state index < -0.39 is 0 Å². The van der Waals surface area contributed by atoms with Gasteiger partial charge in [-0.1, -0.05) is 46.8 Å². The van der Waals surface area contributed by atoms with Crippen LogP contribution in [0.15, 0.2) is 46.1 Å². The Hall–Kier alpha value is -3.86. The Labute approximate surface area is 225 Å². The van der Waals surface area contributed by atoms with E-state index in [1.54, 1.807) is 41.8 Å². The largest absolute Gasteiger partial charge is 0.331 e. The molecule has 0 bridgehead atoms. The Morgan fingerprint density at radius 2 is 1.45 bits per heavy atom. The average Bonchev–Trinajstić information content (AvgIpc) is 2.92. The lowest BCUT2D eigenvalue weighted by atomic mass is 9.93. The predicted octanol–water partition coefficient (Wildman–Crippen LogP) is 4.86. The first-order chi connectivity index (χ1) is 18.3. The third-order valence-electron chi connectivity index (χ3n) is 5.82. The first kappa shape index (κ1) is 32.2. The summed E-state index contributed by atoms with van der Waals surface area (Å²) in [4.78, 5) is 54.3. The van der Waals surface area contributed by atoms with Crippen molar-refractivity contribution in [2.45, 2.75) is 87.2 Å². The quantitative estimate of drug-likeness (QED) is 0.377. The number of Topliss-reactive ketones (excluding diaryl/α,β-unsaturated/α-hetero) is 2. The van der Waals surface area contributed by atoms with Gasteiger partial charge in [-0.3, -0.25) is 23.5 Å². The molecular formula is C30H40N4O4. The number of hydrogen-bond donors (Lipinski definition) is 0. The normalized spacial score (nSPS) is 10.9. The lowest BCUT2D eigenvalue weighted by Crippen LogP contribution is -2.39. The maximum Gasteiger partial charge on any atom is 0.331 e. The third-order valence-corrected chi connectivity index (χ3v) is 5.82. The molecule has 8 heteroatoms. The van der Waals surface area contributed by atoms with Gasteiger partial charge in [0.25, 0.3) is 5.56 Å². The minimum absolute atomic E-state index is 0.00941. The summed E-state index contributed by atoms with van der Waals surface area (Å²) in [5, 5.41) is 9.23. The van der Waals surface area contributed by atoms with Crippen LogP contribution in [0.4, 0.5) is 0 Å². The van der Waals surface area contributed by atoms with E-state index in [9.17, 15) is 19.2 Å². The van der Waals surface area contributed by atoms with Gasteiger partial charge in [0.05, 0.1) is 10.9 Å². The molecule has 38 heavy (non-hydrogen) atoms. The predicted molar refractivity (Wildman–Crippen MR) is 151 cm³/mol. The smallest absolute Gasteiger partial charge is 0.299 e. The zero-order valence-corrected chi connectivity index (χ0v) is 23.7. The van der Waals surface area contributed by atoms with Gasteiger partial charge in [-0.15, -0.1) is 0 Å². The highest BCUT2D eigenvalue weighted by Crippen LogP contribution is 2.16. The molecule has 0 saturated heterocycles. The lowest BCUT2D eigenvalue weighted by Gasteiger charge is -2.13. The molecule has 1 atom stereocenters.